The lowest BCUT2D eigenvalue weighted by molar-refractivity contribution is 0.272. The second kappa shape index (κ2) is 11.0. The van der Waals surface area contributed by atoms with Gasteiger partial charge in [-0.25, -0.2) is 8.42 Å². The first-order chi connectivity index (χ1) is 15.5. The summed E-state index contributed by atoms with van der Waals surface area (Å²) >= 11 is 0. The van der Waals surface area contributed by atoms with Crippen LogP contribution in [0.15, 0.2) is 53.4 Å². The van der Waals surface area contributed by atoms with Crippen LogP contribution >= 0.6 is 0 Å². The SMILES string of the molecule is CC1CCCN1CCc1ccc(-c2ccc(S(=O)(=O)CCNC3CCCCC3)cc2)cc1. The zero-order valence-electron chi connectivity index (χ0n) is 19.4. The van der Waals surface area contributed by atoms with Gasteiger partial charge in [0.2, 0.25) is 0 Å². The quantitative estimate of drug-likeness (QED) is 0.574. The molecule has 2 fully saturated rings. The average Bonchev–Trinajstić information content (AvgIpc) is 3.23. The van der Waals surface area contributed by atoms with Gasteiger partial charge >= 0.3 is 0 Å². The molecule has 1 saturated carbocycles. The molecule has 4 rings (SSSR count). The first kappa shape index (κ1) is 23.5. The van der Waals surface area contributed by atoms with Gasteiger partial charge in [-0.2, -0.15) is 0 Å². The van der Waals surface area contributed by atoms with E-state index in [-0.39, 0.29) is 5.75 Å². The van der Waals surface area contributed by atoms with Gasteiger partial charge in [0.25, 0.3) is 0 Å². The molecule has 32 heavy (non-hydrogen) atoms. The summed E-state index contributed by atoms with van der Waals surface area (Å²) in [5.41, 5.74) is 3.55. The number of rotatable bonds is 9. The van der Waals surface area contributed by atoms with Crippen LogP contribution in [0.5, 0.6) is 0 Å². The number of hydrogen-bond acceptors (Lipinski definition) is 4. The van der Waals surface area contributed by atoms with Crippen LogP contribution in [0.25, 0.3) is 11.1 Å². The molecule has 1 atom stereocenters. The van der Waals surface area contributed by atoms with Crippen molar-refractivity contribution in [3.63, 3.8) is 0 Å². The molecule has 0 aromatic heterocycles. The Bertz CT molecular complexity index is 948. The van der Waals surface area contributed by atoms with Gasteiger partial charge in [0, 0.05) is 25.2 Å². The first-order valence-electron chi connectivity index (χ1n) is 12.4. The normalized spacial score (nSPS) is 20.6. The molecule has 0 radical (unpaired) electrons. The van der Waals surface area contributed by atoms with Crippen LogP contribution in [-0.4, -0.2) is 50.8 Å². The highest BCUT2D eigenvalue weighted by atomic mass is 32.2. The first-order valence-corrected chi connectivity index (χ1v) is 14.1. The molecule has 0 spiro atoms. The Hall–Kier alpha value is -1.69. The Morgan fingerprint density at radius 1 is 0.875 bits per heavy atom. The van der Waals surface area contributed by atoms with E-state index < -0.39 is 9.84 Å². The molecule has 2 aromatic rings. The Labute approximate surface area is 194 Å². The summed E-state index contributed by atoms with van der Waals surface area (Å²) < 4.78 is 25.5. The topological polar surface area (TPSA) is 49.4 Å². The highest BCUT2D eigenvalue weighted by Crippen LogP contribution is 2.23. The zero-order valence-corrected chi connectivity index (χ0v) is 20.2. The second-order valence-corrected chi connectivity index (χ2v) is 11.7. The summed E-state index contributed by atoms with van der Waals surface area (Å²) in [7, 11) is -3.25. The van der Waals surface area contributed by atoms with Gasteiger partial charge in [0.15, 0.2) is 9.84 Å². The van der Waals surface area contributed by atoms with E-state index in [1.165, 1.54) is 57.1 Å². The molecule has 1 N–H and O–H groups in total. The summed E-state index contributed by atoms with van der Waals surface area (Å²) in [6.07, 6.45) is 9.88. The van der Waals surface area contributed by atoms with E-state index in [1.807, 2.05) is 12.1 Å². The van der Waals surface area contributed by atoms with Crippen molar-refractivity contribution in [2.75, 3.05) is 25.4 Å². The van der Waals surface area contributed by atoms with Crippen molar-refractivity contribution in [3.8, 4) is 11.1 Å². The maximum atomic E-state index is 12.7. The van der Waals surface area contributed by atoms with Crippen LogP contribution in [0.1, 0.15) is 57.4 Å². The van der Waals surface area contributed by atoms with Gasteiger partial charge in [0.1, 0.15) is 0 Å². The molecular formula is C27H38N2O2S. The molecule has 0 bridgehead atoms. The van der Waals surface area contributed by atoms with E-state index in [0.29, 0.717) is 23.5 Å². The predicted octanol–water partition coefficient (Wildman–Crippen LogP) is 5.08. The maximum Gasteiger partial charge on any atom is 0.179 e. The smallest absolute Gasteiger partial charge is 0.179 e. The van der Waals surface area contributed by atoms with E-state index in [2.05, 4.69) is 41.4 Å². The molecule has 1 saturated heterocycles. The second-order valence-electron chi connectivity index (χ2n) is 9.61. The van der Waals surface area contributed by atoms with Gasteiger partial charge in [0.05, 0.1) is 10.6 Å². The third-order valence-electron chi connectivity index (χ3n) is 7.29. The van der Waals surface area contributed by atoms with E-state index >= 15 is 0 Å². The van der Waals surface area contributed by atoms with Crippen molar-refractivity contribution < 1.29 is 8.42 Å². The minimum Gasteiger partial charge on any atom is -0.313 e. The number of sulfone groups is 1. The van der Waals surface area contributed by atoms with Crippen LogP contribution in [0.2, 0.25) is 0 Å². The van der Waals surface area contributed by atoms with Gasteiger partial charge < -0.3 is 10.2 Å². The maximum absolute atomic E-state index is 12.7. The largest absolute Gasteiger partial charge is 0.313 e. The standard InChI is InChI=1S/C27H38N2O2S/c1-22-6-5-19-29(22)20-17-23-9-11-24(12-10-23)25-13-15-27(16-14-25)32(30,31)21-18-28-26-7-3-2-4-8-26/h9-16,22,26,28H,2-8,17-21H2,1H3. The molecule has 0 amide bonds. The van der Waals surface area contributed by atoms with Crippen molar-refractivity contribution in [2.45, 2.75) is 75.3 Å². The third-order valence-corrected chi connectivity index (χ3v) is 9.02. The van der Waals surface area contributed by atoms with Crippen LogP contribution in [0, 0.1) is 0 Å². The molecule has 4 nitrogen and oxygen atoms in total. The Kier molecular flexibility index (Phi) is 8.03. The number of nitrogens with one attached hydrogen (secondary N) is 1. The van der Waals surface area contributed by atoms with Crippen LogP contribution < -0.4 is 5.32 Å². The Morgan fingerprint density at radius 3 is 2.16 bits per heavy atom. The summed E-state index contributed by atoms with van der Waals surface area (Å²) in [5.74, 6) is 0.160. The van der Waals surface area contributed by atoms with E-state index in [9.17, 15) is 8.42 Å². The van der Waals surface area contributed by atoms with Gasteiger partial charge in [-0.15, -0.1) is 0 Å². The van der Waals surface area contributed by atoms with Crippen LogP contribution in [0.4, 0.5) is 0 Å². The molecule has 5 heteroatoms. The highest BCUT2D eigenvalue weighted by molar-refractivity contribution is 7.91. The molecule has 1 heterocycles. The molecule has 1 unspecified atom stereocenters. The lowest BCUT2D eigenvalue weighted by atomic mass is 9.96. The predicted molar refractivity (Wildman–Crippen MR) is 133 cm³/mol. The Morgan fingerprint density at radius 2 is 1.53 bits per heavy atom. The van der Waals surface area contributed by atoms with Gasteiger partial charge in [-0.1, -0.05) is 55.7 Å². The minimum atomic E-state index is -3.25. The van der Waals surface area contributed by atoms with Crippen LogP contribution in [0.3, 0.4) is 0 Å². The number of nitrogens with zero attached hydrogens (tertiary/aromatic N) is 1. The molecule has 2 aliphatic rings. The average molecular weight is 455 g/mol. The van der Waals surface area contributed by atoms with E-state index in [1.54, 1.807) is 12.1 Å². The molecule has 174 valence electrons. The van der Waals surface area contributed by atoms with Crippen molar-refractivity contribution in [1.29, 1.82) is 0 Å². The van der Waals surface area contributed by atoms with Gasteiger partial charge in [-0.05, 0) is 74.4 Å². The fourth-order valence-corrected chi connectivity index (χ4v) is 6.31. The highest BCUT2D eigenvalue weighted by Gasteiger charge is 2.19. The molecule has 2 aromatic carbocycles. The summed E-state index contributed by atoms with van der Waals surface area (Å²) in [5, 5.41) is 3.44. The van der Waals surface area contributed by atoms with Gasteiger partial charge in [-0.3, -0.25) is 0 Å². The Balaban J connectivity index is 1.30. The summed E-state index contributed by atoms with van der Waals surface area (Å²) in [6.45, 7) is 5.22. The lowest BCUT2D eigenvalue weighted by Crippen LogP contribution is -2.34. The lowest BCUT2D eigenvalue weighted by Gasteiger charge is -2.22. The fraction of sp³-hybridized carbons (Fsp3) is 0.556. The fourth-order valence-electron chi connectivity index (χ4n) is 5.14. The number of benzene rings is 2. The number of likely N-dealkylation sites (tertiary alicyclic amines) is 1. The number of hydrogen-bond donors (Lipinski definition) is 1. The van der Waals surface area contributed by atoms with Crippen molar-refractivity contribution in [2.24, 2.45) is 0 Å². The summed E-state index contributed by atoms with van der Waals surface area (Å²) in [6, 6.07) is 17.3. The third kappa shape index (κ3) is 6.21. The zero-order chi connectivity index (χ0) is 22.4. The minimum absolute atomic E-state index is 0.160. The van der Waals surface area contributed by atoms with Crippen molar-refractivity contribution in [1.82, 2.24) is 10.2 Å². The van der Waals surface area contributed by atoms with E-state index in [0.717, 1.165) is 24.1 Å². The molecule has 1 aliphatic heterocycles. The van der Waals surface area contributed by atoms with Crippen LogP contribution in [-0.2, 0) is 16.3 Å². The summed E-state index contributed by atoms with van der Waals surface area (Å²) in [4.78, 5) is 3.00. The monoisotopic (exact) mass is 454 g/mol. The molecular weight excluding hydrogens is 416 g/mol. The van der Waals surface area contributed by atoms with Crippen molar-refractivity contribution in [3.05, 3.63) is 54.1 Å². The van der Waals surface area contributed by atoms with E-state index in [4.69, 9.17) is 0 Å². The van der Waals surface area contributed by atoms with Crippen molar-refractivity contribution >= 4 is 9.84 Å². The molecule has 1 aliphatic carbocycles.